The van der Waals surface area contributed by atoms with E-state index in [1.54, 1.807) is 6.07 Å². The van der Waals surface area contributed by atoms with Gasteiger partial charge in [-0.3, -0.25) is 4.79 Å². The molecule has 0 bridgehead atoms. The molecule has 1 aromatic carbocycles. The van der Waals surface area contributed by atoms with Crippen molar-refractivity contribution >= 4 is 21.8 Å². The maximum atomic E-state index is 13.3. The average molecular weight is 342 g/mol. The number of rotatable bonds is 1. The van der Waals surface area contributed by atoms with Crippen molar-refractivity contribution in [2.24, 2.45) is 11.3 Å². The summed E-state index contributed by atoms with van der Waals surface area (Å²) < 4.78 is 14.0. The Morgan fingerprint density at radius 3 is 2.45 bits per heavy atom. The maximum absolute atomic E-state index is 13.3. The highest BCUT2D eigenvalue weighted by Crippen LogP contribution is 2.34. The van der Waals surface area contributed by atoms with Gasteiger partial charge in [-0.1, -0.05) is 20.8 Å². The van der Waals surface area contributed by atoms with Gasteiger partial charge in [-0.25, -0.2) is 4.39 Å². The van der Waals surface area contributed by atoms with Crippen molar-refractivity contribution in [2.75, 3.05) is 13.1 Å². The molecule has 0 radical (unpaired) electrons. The number of hydrogen-bond donors (Lipinski definition) is 0. The van der Waals surface area contributed by atoms with Crippen molar-refractivity contribution in [2.45, 2.75) is 33.6 Å². The summed E-state index contributed by atoms with van der Waals surface area (Å²) in [4.78, 5) is 14.3. The zero-order valence-corrected chi connectivity index (χ0v) is 13.8. The summed E-state index contributed by atoms with van der Waals surface area (Å²) in [7, 11) is 0. The Labute approximate surface area is 128 Å². The molecular weight excluding hydrogens is 321 g/mol. The zero-order chi connectivity index (χ0) is 14.9. The van der Waals surface area contributed by atoms with E-state index in [2.05, 4.69) is 36.7 Å². The van der Waals surface area contributed by atoms with Crippen LogP contribution in [0.4, 0.5) is 4.39 Å². The lowest BCUT2D eigenvalue weighted by Crippen LogP contribution is -2.41. The summed E-state index contributed by atoms with van der Waals surface area (Å²) in [6.07, 6.45) is 2.03. The van der Waals surface area contributed by atoms with Crippen LogP contribution in [0.2, 0.25) is 0 Å². The van der Waals surface area contributed by atoms with Gasteiger partial charge in [-0.15, -0.1) is 0 Å². The lowest BCUT2D eigenvalue weighted by molar-refractivity contribution is 0.0607. The molecule has 0 unspecified atom stereocenters. The molecule has 1 aliphatic rings. The van der Waals surface area contributed by atoms with E-state index in [9.17, 15) is 9.18 Å². The van der Waals surface area contributed by atoms with Crippen LogP contribution in [-0.2, 0) is 0 Å². The van der Waals surface area contributed by atoms with Crippen molar-refractivity contribution in [3.63, 3.8) is 0 Å². The fourth-order valence-corrected chi connectivity index (χ4v) is 3.20. The van der Waals surface area contributed by atoms with Crippen LogP contribution >= 0.6 is 15.9 Å². The summed E-state index contributed by atoms with van der Waals surface area (Å²) in [6, 6.07) is 4.25. The topological polar surface area (TPSA) is 20.3 Å². The van der Waals surface area contributed by atoms with Crippen molar-refractivity contribution in [1.82, 2.24) is 4.90 Å². The quantitative estimate of drug-likeness (QED) is 0.737. The average Bonchev–Trinajstić information content (AvgIpc) is 2.40. The SMILES string of the molecule is CC(C)(C)C1CCN(C(=O)c2cc(F)ccc2Br)CC1. The van der Waals surface area contributed by atoms with Crippen LogP contribution in [0, 0.1) is 17.2 Å². The number of carbonyl (C=O) groups excluding carboxylic acids is 1. The van der Waals surface area contributed by atoms with Crippen LogP contribution in [0.15, 0.2) is 22.7 Å². The molecule has 2 rings (SSSR count). The maximum Gasteiger partial charge on any atom is 0.255 e. The molecule has 0 saturated carbocycles. The fraction of sp³-hybridized carbons (Fsp3) is 0.562. The second-order valence-corrected chi connectivity index (χ2v) is 7.41. The van der Waals surface area contributed by atoms with Gasteiger partial charge in [0.1, 0.15) is 5.82 Å². The zero-order valence-electron chi connectivity index (χ0n) is 12.2. The minimum absolute atomic E-state index is 0.0799. The molecule has 0 spiro atoms. The minimum Gasteiger partial charge on any atom is -0.339 e. The predicted molar refractivity (Wildman–Crippen MR) is 82.2 cm³/mol. The number of hydrogen-bond acceptors (Lipinski definition) is 1. The molecule has 1 saturated heterocycles. The molecule has 1 heterocycles. The first-order chi connectivity index (χ1) is 9.29. The van der Waals surface area contributed by atoms with Crippen molar-refractivity contribution < 1.29 is 9.18 Å². The van der Waals surface area contributed by atoms with Crippen molar-refractivity contribution in [1.29, 1.82) is 0 Å². The standard InChI is InChI=1S/C16H21BrFNO/c1-16(2,3)11-6-8-19(9-7-11)15(20)13-10-12(18)4-5-14(13)17/h4-5,10-11H,6-9H2,1-3H3. The lowest BCUT2D eigenvalue weighted by Gasteiger charge is -2.38. The number of halogens is 2. The number of carbonyl (C=O) groups is 1. The Kier molecular flexibility index (Phi) is 4.52. The van der Waals surface area contributed by atoms with E-state index < -0.39 is 0 Å². The molecule has 0 aliphatic carbocycles. The third-order valence-electron chi connectivity index (χ3n) is 4.17. The van der Waals surface area contributed by atoms with E-state index in [0.29, 0.717) is 16.0 Å². The number of likely N-dealkylation sites (tertiary alicyclic amines) is 1. The molecule has 1 aliphatic heterocycles. The third-order valence-corrected chi connectivity index (χ3v) is 4.86. The van der Waals surface area contributed by atoms with Gasteiger partial charge in [0.25, 0.3) is 5.91 Å². The predicted octanol–water partition coefficient (Wildman–Crippen LogP) is 4.49. The smallest absolute Gasteiger partial charge is 0.255 e. The summed E-state index contributed by atoms with van der Waals surface area (Å²) in [6.45, 7) is 8.25. The van der Waals surface area contributed by atoms with E-state index in [1.807, 2.05) is 4.90 Å². The molecule has 1 aromatic rings. The molecule has 1 fully saturated rings. The van der Waals surface area contributed by atoms with Gasteiger partial charge in [0.15, 0.2) is 0 Å². The summed E-state index contributed by atoms with van der Waals surface area (Å²) in [5.41, 5.74) is 0.702. The molecule has 4 heteroatoms. The molecule has 1 amide bonds. The van der Waals surface area contributed by atoms with Gasteiger partial charge in [0.05, 0.1) is 5.56 Å². The van der Waals surface area contributed by atoms with Crippen molar-refractivity contribution in [3.05, 3.63) is 34.1 Å². The highest BCUT2D eigenvalue weighted by atomic mass is 79.9. The highest BCUT2D eigenvalue weighted by molar-refractivity contribution is 9.10. The second-order valence-electron chi connectivity index (χ2n) is 6.56. The molecule has 0 N–H and O–H groups in total. The van der Waals surface area contributed by atoms with Gasteiger partial charge in [0.2, 0.25) is 0 Å². The second kappa shape index (κ2) is 5.84. The fourth-order valence-electron chi connectivity index (χ4n) is 2.78. The van der Waals surface area contributed by atoms with Crippen LogP contribution in [0.1, 0.15) is 44.0 Å². The van der Waals surface area contributed by atoms with E-state index in [1.165, 1.54) is 12.1 Å². The lowest BCUT2D eigenvalue weighted by atomic mass is 9.75. The molecule has 20 heavy (non-hydrogen) atoms. The normalized spacial score (nSPS) is 17.4. The minimum atomic E-state index is -0.374. The number of nitrogens with zero attached hydrogens (tertiary/aromatic N) is 1. The monoisotopic (exact) mass is 341 g/mol. The van der Waals surface area contributed by atoms with Gasteiger partial charge < -0.3 is 4.90 Å². The van der Waals surface area contributed by atoms with E-state index in [4.69, 9.17) is 0 Å². The highest BCUT2D eigenvalue weighted by Gasteiger charge is 2.31. The summed E-state index contributed by atoms with van der Waals surface area (Å²) in [5.74, 6) is 0.187. The van der Waals surface area contributed by atoms with Crippen LogP contribution in [0.5, 0.6) is 0 Å². The molecule has 110 valence electrons. The van der Waals surface area contributed by atoms with Crippen LogP contribution in [0.25, 0.3) is 0 Å². The van der Waals surface area contributed by atoms with E-state index in [0.717, 1.165) is 25.9 Å². The Morgan fingerprint density at radius 1 is 1.30 bits per heavy atom. The summed E-state index contributed by atoms with van der Waals surface area (Å²) >= 11 is 3.33. The van der Waals surface area contributed by atoms with E-state index in [-0.39, 0.29) is 17.1 Å². The van der Waals surface area contributed by atoms with Crippen molar-refractivity contribution in [3.8, 4) is 0 Å². The Balaban J connectivity index is 2.07. The Bertz CT molecular complexity index is 502. The first-order valence-corrected chi connectivity index (χ1v) is 7.82. The third kappa shape index (κ3) is 3.40. The Morgan fingerprint density at radius 2 is 1.90 bits per heavy atom. The van der Waals surface area contributed by atoms with Gasteiger partial charge >= 0.3 is 0 Å². The van der Waals surface area contributed by atoms with Gasteiger partial charge in [0, 0.05) is 17.6 Å². The van der Waals surface area contributed by atoms with Gasteiger partial charge in [-0.05, 0) is 58.3 Å². The number of piperidine rings is 1. The Hall–Kier alpha value is -0.900. The molecular formula is C16H21BrFNO. The number of amides is 1. The summed E-state index contributed by atoms with van der Waals surface area (Å²) in [5, 5.41) is 0. The largest absolute Gasteiger partial charge is 0.339 e. The van der Waals surface area contributed by atoms with Crippen LogP contribution in [-0.4, -0.2) is 23.9 Å². The molecule has 0 aromatic heterocycles. The van der Waals surface area contributed by atoms with E-state index >= 15 is 0 Å². The first kappa shape index (κ1) is 15.5. The number of benzene rings is 1. The van der Waals surface area contributed by atoms with Crippen LogP contribution in [0.3, 0.4) is 0 Å². The molecule has 0 atom stereocenters. The first-order valence-electron chi connectivity index (χ1n) is 7.03. The van der Waals surface area contributed by atoms with Crippen LogP contribution < -0.4 is 0 Å². The molecule has 2 nitrogen and oxygen atoms in total. The van der Waals surface area contributed by atoms with Gasteiger partial charge in [-0.2, -0.15) is 0 Å².